The Morgan fingerprint density at radius 1 is 1.15 bits per heavy atom. The van der Waals surface area contributed by atoms with Crippen molar-refractivity contribution in [3.05, 3.63) is 70.0 Å². The first-order valence-corrected chi connectivity index (χ1v) is 11.5. The van der Waals surface area contributed by atoms with E-state index < -0.39 is 0 Å². The zero-order valence-electron chi connectivity index (χ0n) is 18.8. The summed E-state index contributed by atoms with van der Waals surface area (Å²) in [7, 11) is 1.94. The third kappa shape index (κ3) is 3.48. The maximum atomic E-state index is 5.64. The van der Waals surface area contributed by atoms with Crippen LogP contribution in [0.4, 0.5) is 0 Å². The Labute approximate surface area is 195 Å². The van der Waals surface area contributed by atoms with E-state index in [2.05, 4.69) is 57.7 Å². The molecule has 1 aromatic carbocycles. The van der Waals surface area contributed by atoms with Gasteiger partial charge in [-0.2, -0.15) is 15.3 Å². The molecule has 4 aromatic heterocycles. The molecule has 1 aliphatic rings. The van der Waals surface area contributed by atoms with Gasteiger partial charge in [-0.3, -0.25) is 19.0 Å². The van der Waals surface area contributed by atoms with Crippen LogP contribution in [-0.4, -0.2) is 39.3 Å². The van der Waals surface area contributed by atoms with Gasteiger partial charge in [0.05, 0.1) is 29.5 Å². The molecule has 6 rings (SSSR count). The molecular weight excluding hydrogens is 432 g/mol. The predicted octanol–water partition coefficient (Wildman–Crippen LogP) is 4.62. The Morgan fingerprint density at radius 3 is 2.70 bits per heavy atom. The quantitative estimate of drug-likeness (QED) is 0.390. The SMILES string of the molecule is Cc1ccc(Cn2cc(-n3c(-c4cc(C5CC5)nc5c4c(C)nn5C)n[nH]c3=S)cn2)cc1. The van der Waals surface area contributed by atoms with Gasteiger partial charge in [-0.25, -0.2) is 4.98 Å². The topological polar surface area (TPSA) is 82.1 Å². The lowest BCUT2D eigenvalue weighted by Gasteiger charge is -2.09. The van der Waals surface area contributed by atoms with Gasteiger partial charge in [0.25, 0.3) is 0 Å². The fourth-order valence-corrected chi connectivity index (χ4v) is 4.62. The summed E-state index contributed by atoms with van der Waals surface area (Å²) in [6, 6.07) is 10.7. The van der Waals surface area contributed by atoms with Gasteiger partial charge < -0.3 is 0 Å². The molecule has 1 N–H and O–H groups in total. The van der Waals surface area contributed by atoms with Crippen LogP contribution in [0.25, 0.3) is 28.1 Å². The van der Waals surface area contributed by atoms with Gasteiger partial charge in [-0.1, -0.05) is 29.8 Å². The first-order valence-electron chi connectivity index (χ1n) is 11.1. The van der Waals surface area contributed by atoms with Gasteiger partial charge in [-0.15, -0.1) is 0 Å². The number of nitrogens with one attached hydrogen (secondary N) is 1. The fraction of sp³-hybridized carbons (Fsp3) is 0.292. The zero-order chi connectivity index (χ0) is 22.7. The number of nitrogens with zero attached hydrogens (tertiary/aromatic N) is 7. The summed E-state index contributed by atoms with van der Waals surface area (Å²) >= 11 is 5.64. The highest BCUT2D eigenvalue weighted by Gasteiger charge is 2.28. The summed E-state index contributed by atoms with van der Waals surface area (Å²) in [5.74, 6) is 1.26. The van der Waals surface area contributed by atoms with E-state index in [4.69, 9.17) is 17.2 Å². The van der Waals surface area contributed by atoms with E-state index in [1.165, 1.54) is 24.0 Å². The number of benzene rings is 1. The van der Waals surface area contributed by atoms with Crippen LogP contribution in [0.3, 0.4) is 0 Å². The Balaban J connectivity index is 1.46. The van der Waals surface area contributed by atoms with Gasteiger partial charge in [0.1, 0.15) is 0 Å². The molecule has 1 saturated carbocycles. The number of pyridine rings is 1. The molecule has 166 valence electrons. The molecule has 0 unspecified atom stereocenters. The van der Waals surface area contributed by atoms with E-state index in [1.807, 2.05) is 40.3 Å². The molecule has 0 aliphatic heterocycles. The summed E-state index contributed by atoms with van der Waals surface area (Å²) in [4.78, 5) is 4.92. The maximum Gasteiger partial charge on any atom is 0.200 e. The van der Waals surface area contributed by atoms with E-state index in [-0.39, 0.29) is 0 Å². The highest BCUT2D eigenvalue weighted by atomic mass is 32.1. The minimum absolute atomic E-state index is 0.510. The lowest BCUT2D eigenvalue weighted by atomic mass is 10.1. The number of hydrogen-bond donors (Lipinski definition) is 1. The van der Waals surface area contributed by atoms with Crippen LogP contribution in [-0.2, 0) is 13.6 Å². The minimum Gasteiger partial charge on any atom is -0.266 e. The summed E-state index contributed by atoms with van der Waals surface area (Å²) in [5, 5.41) is 17.8. The highest BCUT2D eigenvalue weighted by Crippen LogP contribution is 2.42. The highest BCUT2D eigenvalue weighted by molar-refractivity contribution is 7.71. The van der Waals surface area contributed by atoms with Crippen molar-refractivity contribution in [1.82, 2.24) is 39.3 Å². The lowest BCUT2D eigenvalue weighted by Crippen LogP contribution is -2.01. The molecule has 0 amide bonds. The number of aromatic amines is 1. The van der Waals surface area contributed by atoms with Crippen molar-refractivity contribution in [1.29, 1.82) is 0 Å². The van der Waals surface area contributed by atoms with Crippen molar-refractivity contribution in [3.8, 4) is 17.1 Å². The molecule has 0 atom stereocenters. The third-order valence-electron chi connectivity index (χ3n) is 6.24. The van der Waals surface area contributed by atoms with Crippen molar-refractivity contribution < 1.29 is 0 Å². The molecule has 4 heterocycles. The first kappa shape index (κ1) is 20.0. The zero-order valence-corrected chi connectivity index (χ0v) is 19.6. The molecule has 0 bridgehead atoms. The van der Waals surface area contributed by atoms with Crippen LogP contribution >= 0.6 is 12.2 Å². The normalized spacial score (nSPS) is 13.8. The molecule has 1 fully saturated rings. The second kappa shape index (κ2) is 7.48. The van der Waals surface area contributed by atoms with Crippen molar-refractivity contribution in [2.45, 2.75) is 39.2 Å². The molecule has 0 saturated heterocycles. The average molecular weight is 457 g/mol. The summed E-state index contributed by atoms with van der Waals surface area (Å²) in [6.45, 7) is 4.79. The van der Waals surface area contributed by atoms with E-state index in [1.54, 1.807) is 0 Å². The molecule has 0 radical (unpaired) electrons. The first-order chi connectivity index (χ1) is 16.0. The molecule has 0 spiro atoms. The van der Waals surface area contributed by atoms with Gasteiger partial charge in [-0.05, 0) is 50.5 Å². The van der Waals surface area contributed by atoms with Gasteiger partial charge in [0, 0.05) is 30.4 Å². The Hall–Kier alpha value is -3.59. The largest absolute Gasteiger partial charge is 0.266 e. The summed E-state index contributed by atoms with van der Waals surface area (Å²) in [6.07, 6.45) is 6.19. The van der Waals surface area contributed by atoms with Crippen molar-refractivity contribution in [2.24, 2.45) is 7.05 Å². The molecule has 8 nitrogen and oxygen atoms in total. The molecule has 9 heteroatoms. The van der Waals surface area contributed by atoms with Gasteiger partial charge in [0.2, 0.25) is 0 Å². The lowest BCUT2D eigenvalue weighted by molar-refractivity contribution is 0.686. The van der Waals surface area contributed by atoms with Crippen molar-refractivity contribution in [3.63, 3.8) is 0 Å². The van der Waals surface area contributed by atoms with Gasteiger partial charge in [0.15, 0.2) is 16.2 Å². The number of rotatable bonds is 5. The second-order valence-electron chi connectivity index (χ2n) is 8.85. The Kier molecular flexibility index (Phi) is 4.55. The van der Waals surface area contributed by atoms with Crippen molar-refractivity contribution >= 4 is 23.3 Å². The number of aromatic nitrogens is 8. The molecule has 5 aromatic rings. The Morgan fingerprint density at radius 2 is 1.94 bits per heavy atom. The van der Waals surface area contributed by atoms with Gasteiger partial charge >= 0.3 is 0 Å². The second-order valence-corrected chi connectivity index (χ2v) is 9.23. The summed E-state index contributed by atoms with van der Waals surface area (Å²) in [5.41, 5.74) is 7.20. The van der Waals surface area contributed by atoms with Crippen LogP contribution in [0.5, 0.6) is 0 Å². The van der Waals surface area contributed by atoms with E-state index in [0.29, 0.717) is 17.2 Å². The predicted molar refractivity (Wildman–Crippen MR) is 129 cm³/mol. The summed E-state index contributed by atoms with van der Waals surface area (Å²) < 4.78 is 6.25. The molecular formula is C24H24N8S. The monoisotopic (exact) mass is 456 g/mol. The molecule has 1 aliphatic carbocycles. The van der Waals surface area contributed by atoms with Crippen LogP contribution in [0, 0.1) is 18.6 Å². The third-order valence-corrected chi connectivity index (χ3v) is 6.51. The fourth-order valence-electron chi connectivity index (χ4n) is 4.38. The van der Waals surface area contributed by atoms with Crippen LogP contribution in [0.2, 0.25) is 0 Å². The van der Waals surface area contributed by atoms with E-state index in [9.17, 15) is 0 Å². The number of hydrogen-bond acceptors (Lipinski definition) is 5. The van der Waals surface area contributed by atoms with Crippen LogP contribution in [0.15, 0.2) is 42.7 Å². The van der Waals surface area contributed by atoms with Crippen LogP contribution in [0.1, 0.15) is 41.3 Å². The van der Waals surface area contributed by atoms with Crippen molar-refractivity contribution in [2.75, 3.05) is 0 Å². The number of fused-ring (bicyclic) bond motifs is 1. The minimum atomic E-state index is 0.510. The average Bonchev–Trinajstić information content (AvgIpc) is 3.34. The molecule has 33 heavy (non-hydrogen) atoms. The number of aryl methyl sites for hydroxylation is 3. The maximum absolute atomic E-state index is 5.64. The number of H-pyrrole nitrogens is 1. The van der Waals surface area contributed by atoms with Crippen LogP contribution < -0.4 is 0 Å². The van der Waals surface area contributed by atoms with E-state index in [0.717, 1.165) is 39.5 Å². The standard InChI is InChI=1S/C24H24N8S/c1-14-4-6-16(7-5-14)12-31-13-18(11-25-31)32-22(27-28-24(32)33)19-10-20(17-8-9-17)26-23-21(19)15(2)29-30(23)3/h4-7,10-11,13,17H,8-9,12H2,1-3H3,(H,28,33). The smallest absolute Gasteiger partial charge is 0.200 e. The van der Waals surface area contributed by atoms with E-state index >= 15 is 0 Å². The Bertz CT molecular complexity index is 1550.